The quantitative estimate of drug-likeness (QED) is 0.711. The normalized spacial score (nSPS) is 10.7. The molecule has 0 amide bonds. The van der Waals surface area contributed by atoms with Gasteiger partial charge in [-0.1, -0.05) is 11.6 Å². The van der Waals surface area contributed by atoms with E-state index in [9.17, 15) is 8.78 Å². The molecule has 0 spiro atoms. The van der Waals surface area contributed by atoms with Crippen molar-refractivity contribution in [1.29, 1.82) is 0 Å². The number of imidazole rings is 1. The molecule has 6 heteroatoms. The fraction of sp³-hybridized carbons (Fsp3) is 0.0625. The number of hydrogen-bond acceptors (Lipinski definition) is 2. The molecule has 0 saturated heterocycles. The van der Waals surface area contributed by atoms with Gasteiger partial charge in [0.2, 0.25) is 0 Å². The first-order chi connectivity index (χ1) is 10.6. The van der Waals surface area contributed by atoms with Crippen molar-refractivity contribution in [3.05, 3.63) is 65.6 Å². The minimum Gasteiger partial charge on any atom is -0.494 e. The molecule has 0 aliphatic carbocycles. The van der Waals surface area contributed by atoms with Gasteiger partial charge in [-0.25, -0.2) is 13.8 Å². The maximum atomic E-state index is 14.4. The SMILES string of the molecule is COc1ccc(F)c(-c2cncn2-c2ccc(Cl)cc2)c1F. The molecule has 112 valence electrons. The summed E-state index contributed by atoms with van der Waals surface area (Å²) in [5.41, 5.74) is 0.793. The van der Waals surface area contributed by atoms with Crippen LogP contribution >= 0.6 is 11.6 Å². The minimum absolute atomic E-state index is 0.0275. The second kappa shape index (κ2) is 5.77. The molecule has 0 bridgehead atoms. The summed E-state index contributed by atoms with van der Waals surface area (Å²) in [6, 6.07) is 9.28. The van der Waals surface area contributed by atoms with E-state index in [4.69, 9.17) is 16.3 Å². The number of hydrogen-bond donors (Lipinski definition) is 0. The van der Waals surface area contributed by atoms with E-state index in [0.29, 0.717) is 10.7 Å². The average Bonchev–Trinajstić information content (AvgIpc) is 2.97. The van der Waals surface area contributed by atoms with Gasteiger partial charge in [0.05, 0.1) is 30.9 Å². The summed E-state index contributed by atoms with van der Waals surface area (Å²) < 4.78 is 35.1. The fourth-order valence-electron chi connectivity index (χ4n) is 2.21. The van der Waals surface area contributed by atoms with E-state index in [2.05, 4.69) is 4.98 Å². The van der Waals surface area contributed by atoms with Crippen LogP contribution in [0.2, 0.25) is 5.02 Å². The number of halogens is 3. The molecular weight excluding hydrogens is 310 g/mol. The predicted octanol–water partition coefficient (Wildman–Crippen LogP) is 4.48. The molecule has 3 nitrogen and oxygen atoms in total. The smallest absolute Gasteiger partial charge is 0.177 e. The Kier molecular flexibility index (Phi) is 3.81. The van der Waals surface area contributed by atoms with Crippen molar-refractivity contribution in [3.63, 3.8) is 0 Å². The molecule has 3 aromatic rings. The summed E-state index contributed by atoms with van der Waals surface area (Å²) in [6.45, 7) is 0. The molecule has 0 radical (unpaired) electrons. The Labute approximate surface area is 130 Å². The van der Waals surface area contributed by atoms with Gasteiger partial charge in [-0.3, -0.25) is 4.57 Å². The lowest BCUT2D eigenvalue weighted by Gasteiger charge is -2.12. The molecule has 0 aliphatic rings. The van der Waals surface area contributed by atoms with Gasteiger partial charge in [-0.15, -0.1) is 0 Å². The van der Waals surface area contributed by atoms with Gasteiger partial charge in [0.15, 0.2) is 11.6 Å². The van der Waals surface area contributed by atoms with Gasteiger partial charge in [0, 0.05) is 10.7 Å². The van der Waals surface area contributed by atoms with Crippen molar-refractivity contribution in [2.45, 2.75) is 0 Å². The van der Waals surface area contributed by atoms with Crippen molar-refractivity contribution < 1.29 is 13.5 Å². The van der Waals surface area contributed by atoms with E-state index >= 15 is 0 Å². The minimum atomic E-state index is -0.766. The third-order valence-electron chi connectivity index (χ3n) is 3.28. The van der Waals surface area contributed by atoms with Gasteiger partial charge < -0.3 is 4.74 Å². The first-order valence-electron chi connectivity index (χ1n) is 6.42. The average molecular weight is 321 g/mol. The van der Waals surface area contributed by atoms with Gasteiger partial charge in [0.1, 0.15) is 5.82 Å². The van der Waals surface area contributed by atoms with Crippen LogP contribution < -0.4 is 4.74 Å². The second-order valence-corrected chi connectivity index (χ2v) is 5.00. The zero-order chi connectivity index (χ0) is 15.7. The Morgan fingerprint density at radius 2 is 1.82 bits per heavy atom. The zero-order valence-corrected chi connectivity index (χ0v) is 12.3. The molecule has 1 aromatic heterocycles. The van der Waals surface area contributed by atoms with Crippen molar-refractivity contribution >= 4 is 11.6 Å². The Morgan fingerprint density at radius 3 is 2.50 bits per heavy atom. The van der Waals surface area contributed by atoms with E-state index in [1.165, 1.54) is 25.7 Å². The summed E-state index contributed by atoms with van der Waals surface area (Å²) in [5.74, 6) is -1.48. The van der Waals surface area contributed by atoms with E-state index in [1.807, 2.05) is 0 Å². The largest absolute Gasteiger partial charge is 0.494 e. The Balaban J connectivity index is 2.19. The third-order valence-corrected chi connectivity index (χ3v) is 3.53. The van der Waals surface area contributed by atoms with Crippen LogP contribution in [-0.2, 0) is 0 Å². The van der Waals surface area contributed by atoms with Gasteiger partial charge in [-0.05, 0) is 36.4 Å². The molecule has 0 N–H and O–H groups in total. The highest BCUT2D eigenvalue weighted by Crippen LogP contribution is 2.33. The Morgan fingerprint density at radius 1 is 1.09 bits per heavy atom. The standard InChI is InChI=1S/C16H11ClF2N2O/c1-22-14-7-6-12(18)15(16(14)19)13-8-20-9-21(13)11-4-2-10(17)3-5-11/h2-9H,1H3. The van der Waals surface area contributed by atoms with Crippen molar-refractivity contribution in [2.24, 2.45) is 0 Å². The fourth-order valence-corrected chi connectivity index (χ4v) is 2.34. The lowest BCUT2D eigenvalue weighted by molar-refractivity contribution is 0.385. The van der Waals surface area contributed by atoms with E-state index in [-0.39, 0.29) is 17.0 Å². The Hall–Kier alpha value is -2.40. The molecule has 2 aromatic carbocycles. The highest BCUT2D eigenvalue weighted by atomic mass is 35.5. The summed E-state index contributed by atoms with van der Waals surface area (Å²) in [6.07, 6.45) is 2.88. The molecule has 1 heterocycles. The number of rotatable bonds is 3. The molecule has 0 atom stereocenters. The number of nitrogens with zero attached hydrogens (tertiary/aromatic N) is 2. The number of aromatic nitrogens is 2. The van der Waals surface area contributed by atoms with Gasteiger partial charge in [0.25, 0.3) is 0 Å². The van der Waals surface area contributed by atoms with Crippen molar-refractivity contribution in [2.75, 3.05) is 7.11 Å². The second-order valence-electron chi connectivity index (χ2n) is 4.56. The molecule has 0 unspecified atom stereocenters. The van der Waals surface area contributed by atoms with E-state index < -0.39 is 11.6 Å². The van der Waals surface area contributed by atoms with Gasteiger partial charge >= 0.3 is 0 Å². The molecule has 0 fully saturated rings. The summed E-state index contributed by atoms with van der Waals surface area (Å²) >= 11 is 5.86. The lowest BCUT2D eigenvalue weighted by Crippen LogP contribution is -2.00. The van der Waals surface area contributed by atoms with Crippen LogP contribution in [0.25, 0.3) is 16.9 Å². The number of benzene rings is 2. The monoisotopic (exact) mass is 320 g/mol. The molecule has 3 rings (SSSR count). The van der Waals surface area contributed by atoms with Crippen molar-refractivity contribution in [1.82, 2.24) is 9.55 Å². The zero-order valence-electron chi connectivity index (χ0n) is 11.6. The first-order valence-corrected chi connectivity index (χ1v) is 6.80. The Bertz CT molecular complexity index is 816. The predicted molar refractivity (Wildman–Crippen MR) is 80.5 cm³/mol. The third kappa shape index (κ3) is 2.44. The summed E-state index contributed by atoms with van der Waals surface area (Å²) in [4.78, 5) is 3.99. The van der Waals surface area contributed by atoms with Crippen LogP contribution in [-0.4, -0.2) is 16.7 Å². The maximum absolute atomic E-state index is 14.4. The van der Waals surface area contributed by atoms with Crippen LogP contribution in [0.15, 0.2) is 48.9 Å². The summed E-state index contributed by atoms with van der Waals surface area (Å²) in [5, 5.41) is 0.573. The molecular formula is C16H11ClF2N2O. The highest BCUT2D eigenvalue weighted by Gasteiger charge is 2.19. The van der Waals surface area contributed by atoms with Crippen LogP contribution in [0.3, 0.4) is 0 Å². The number of methoxy groups -OCH3 is 1. The topological polar surface area (TPSA) is 27.1 Å². The van der Waals surface area contributed by atoms with Crippen molar-refractivity contribution in [3.8, 4) is 22.7 Å². The summed E-state index contributed by atoms with van der Waals surface area (Å²) in [7, 11) is 1.33. The van der Waals surface area contributed by atoms with Crippen LogP contribution in [0.1, 0.15) is 0 Å². The molecule has 0 aliphatic heterocycles. The van der Waals surface area contributed by atoms with Crippen LogP contribution in [0.5, 0.6) is 5.75 Å². The molecule has 22 heavy (non-hydrogen) atoms. The highest BCUT2D eigenvalue weighted by molar-refractivity contribution is 6.30. The first kappa shape index (κ1) is 14.5. The maximum Gasteiger partial charge on any atom is 0.177 e. The molecule has 0 saturated carbocycles. The lowest BCUT2D eigenvalue weighted by atomic mass is 10.1. The van der Waals surface area contributed by atoms with E-state index in [0.717, 1.165) is 6.07 Å². The van der Waals surface area contributed by atoms with Crippen LogP contribution in [0, 0.1) is 11.6 Å². The van der Waals surface area contributed by atoms with E-state index in [1.54, 1.807) is 28.8 Å². The van der Waals surface area contributed by atoms with Gasteiger partial charge in [-0.2, -0.15) is 0 Å². The van der Waals surface area contributed by atoms with Crippen LogP contribution in [0.4, 0.5) is 8.78 Å². The number of ether oxygens (including phenoxy) is 1.